The molecule has 154 valence electrons. The van der Waals surface area contributed by atoms with Crippen LogP contribution >= 0.6 is 11.6 Å². The average Bonchev–Trinajstić information content (AvgIpc) is 3.11. The van der Waals surface area contributed by atoms with E-state index in [9.17, 15) is 4.79 Å². The molecular weight excluding hydrogens is 400 g/mol. The van der Waals surface area contributed by atoms with Crippen molar-refractivity contribution in [2.24, 2.45) is 0 Å². The van der Waals surface area contributed by atoms with Gasteiger partial charge in [-0.25, -0.2) is 0 Å². The number of benzene rings is 2. The molecule has 0 amide bonds. The lowest BCUT2D eigenvalue weighted by Crippen LogP contribution is -2.44. The maximum absolute atomic E-state index is 13.3. The molecule has 0 heterocycles. The first-order chi connectivity index (χ1) is 13.5. The summed E-state index contributed by atoms with van der Waals surface area (Å²) in [7, 11) is -0.606. The molecule has 0 saturated heterocycles. The fraction of sp³-hybridized carbons (Fsp3) is 0.458. The van der Waals surface area contributed by atoms with Crippen molar-refractivity contribution in [1.82, 2.24) is 0 Å². The Kier molecular flexibility index (Phi) is 4.76. The molecule has 2 aromatic carbocycles. The fourth-order valence-electron chi connectivity index (χ4n) is 4.84. The number of carbonyl (C=O) groups excluding carboxylic acids is 1. The quantitative estimate of drug-likeness (QED) is 0.433. The maximum Gasteiger partial charge on any atom is 0.317 e. The largest absolute Gasteiger partial charge is 0.468 e. The zero-order chi connectivity index (χ0) is 21.2. The normalized spacial score (nSPS) is 25.3. The Morgan fingerprint density at radius 1 is 1.14 bits per heavy atom. The standard InChI is InChI=1S/C24H29ClO3Si/c1-23(2,3)29(5,6)28-21-18-9-7-8-10-19(18)24(22(26)27-4)14-15-13-16(25)11-12-17(15)20(21)24/h7-13,20-21H,14H2,1-6H3/t20-,21+,24-/m1/s1. The lowest BCUT2D eigenvalue weighted by atomic mass is 9.75. The van der Waals surface area contributed by atoms with Gasteiger partial charge in [0.15, 0.2) is 8.32 Å². The number of halogens is 1. The Hall–Kier alpha value is -1.62. The third-order valence-electron chi connectivity index (χ3n) is 7.27. The molecule has 2 aromatic rings. The minimum absolute atomic E-state index is 0.0693. The van der Waals surface area contributed by atoms with E-state index in [2.05, 4.69) is 52.1 Å². The first-order valence-corrected chi connectivity index (χ1v) is 13.5. The van der Waals surface area contributed by atoms with Gasteiger partial charge in [-0.05, 0) is 58.9 Å². The van der Waals surface area contributed by atoms with Gasteiger partial charge in [-0.2, -0.15) is 0 Å². The van der Waals surface area contributed by atoms with Crippen LogP contribution in [0.25, 0.3) is 0 Å². The van der Waals surface area contributed by atoms with Gasteiger partial charge in [-0.3, -0.25) is 4.79 Å². The van der Waals surface area contributed by atoms with Crippen molar-refractivity contribution < 1.29 is 14.0 Å². The molecule has 0 aromatic heterocycles. The molecule has 4 rings (SSSR count). The smallest absolute Gasteiger partial charge is 0.317 e. The zero-order valence-corrected chi connectivity index (χ0v) is 19.8. The van der Waals surface area contributed by atoms with Crippen molar-refractivity contribution >= 4 is 25.9 Å². The number of hydrogen-bond acceptors (Lipinski definition) is 3. The number of ether oxygens (including phenoxy) is 1. The molecule has 0 unspecified atom stereocenters. The van der Waals surface area contributed by atoms with Gasteiger partial charge in [0.05, 0.1) is 13.2 Å². The molecule has 2 aliphatic rings. The van der Waals surface area contributed by atoms with Crippen LogP contribution in [0.4, 0.5) is 0 Å². The van der Waals surface area contributed by atoms with E-state index in [0.717, 1.165) is 22.3 Å². The molecule has 0 saturated carbocycles. The molecule has 0 bridgehead atoms. The lowest BCUT2D eigenvalue weighted by molar-refractivity contribution is -0.148. The predicted octanol–water partition coefficient (Wildman–Crippen LogP) is 6.17. The average molecular weight is 429 g/mol. The third kappa shape index (κ3) is 2.91. The molecule has 0 fully saturated rings. The summed E-state index contributed by atoms with van der Waals surface area (Å²) in [6.45, 7) is 11.3. The molecular formula is C24H29ClO3Si. The second-order valence-electron chi connectivity index (χ2n) is 9.85. The minimum atomic E-state index is -2.09. The lowest BCUT2D eigenvalue weighted by Gasteiger charge is -2.41. The molecule has 0 spiro atoms. The van der Waals surface area contributed by atoms with Crippen molar-refractivity contribution in [1.29, 1.82) is 0 Å². The van der Waals surface area contributed by atoms with Crippen LogP contribution in [-0.2, 0) is 25.8 Å². The van der Waals surface area contributed by atoms with E-state index < -0.39 is 13.7 Å². The molecule has 29 heavy (non-hydrogen) atoms. The predicted molar refractivity (Wildman–Crippen MR) is 119 cm³/mol. The highest BCUT2D eigenvalue weighted by molar-refractivity contribution is 6.74. The van der Waals surface area contributed by atoms with Gasteiger partial charge in [0.25, 0.3) is 0 Å². The Morgan fingerprint density at radius 2 is 1.83 bits per heavy atom. The van der Waals surface area contributed by atoms with Crippen LogP contribution in [0.15, 0.2) is 42.5 Å². The molecule has 5 heteroatoms. The Morgan fingerprint density at radius 3 is 2.48 bits per heavy atom. The number of esters is 1. The first-order valence-electron chi connectivity index (χ1n) is 10.2. The number of rotatable bonds is 3. The van der Waals surface area contributed by atoms with Crippen molar-refractivity contribution in [2.45, 2.75) is 62.8 Å². The number of fused-ring (bicyclic) bond motifs is 5. The number of carbonyl (C=O) groups is 1. The van der Waals surface area contributed by atoms with Crippen LogP contribution in [0.3, 0.4) is 0 Å². The zero-order valence-electron chi connectivity index (χ0n) is 18.0. The summed E-state index contributed by atoms with van der Waals surface area (Å²) in [6, 6.07) is 14.2. The second kappa shape index (κ2) is 6.69. The van der Waals surface area contributed by atoms with E-state index in [0.29, 0.717) is 11.4 Å². The number of methoxy groups -OCH3 is 1. The van der Waals surface area contributed by atoms with Crippen LogP contribution in [0.1, 0.15) is 55.0 Å². The van der Waals surface area contributed by atoms with Crippen molar-refractivity contribution in [3.8, 4) is 0 Å². The molecule has 3 nitrogen and oxygen atoms in total. The Labute approximate surface area is 179 Å². The van der Waals surface area contributed by atoms with E-state index >= 15 is 0 Å². The van der Waals surface area contributed by atoms with Gasteiger partial charge >= 0.3 is 5.97 Å². The highest BCUT2D eigenvalue weighted by Gasteiger charge is 2.63. The molecule has 0 radical (unpaired) electrons. The Bertz CT molecular complexity index is 978. The second-order valence-corrected chi connectivity index (χ2v) is 15.0. The van der Waals surface area contributed by atoms with Crippen LogP contribution in [0.5, 0.6) is 0 Å². The summed E-state index contributed by atoms with van der Waals surface area (Å²) < 4.78 is 12.4. The van der Waals surface area contributed by atoms with E-state index in [1.54, 1.807) is 0 Å². The van der Waals surface area contributed by atoms with Crippen molar-refractivity contribution in [3.63, 3.8) is 0 Å². The van der Waals surface area contributed by atoms with Crippen LogP contribution < -0.4 is 0 Å². The van der Waals surface area contributed by atoms with Gasteiger partial charge in [0.1, 0.15) is 5.41 Å². The van der Waals surface area contributed by atoms with Gasteiger partial charge in [-0.15, -0.1) is 0 Å². The SMILES string of the molecule is COC(=O)[C@@]12Cc3cc(Cl)ccc3[C@@H]1[C@@H](O[Si](C)(C)C(C)(C)C)c1ccccc12. The molecule has 3 atom stereocenters. The third-order valence-corrected chi connectivity index (χ3v) is 12.0. The first kappa shape index (κ1) is 20.6. The van der Waals surface area contributed by atoms with Crippen molar-refractivity contribution in [2.75, 3.05) is 7.11 Å². The van der Waals surface area contributed by atoms with E-state index in [-0.39, 0.29) is 23.0 Å². The summed E-state index contributed by atoms with van der Waals surface area (Å²) in [5, 5.41) is 0.763. The number of hydrogen-bond donors (Lipinski definition) is 0. The summed E-state index contributed by atoms with van der Waals surface area (Å²) in [4.78, 5) is 13.3. The summed E-state index contributed by atoms with van der Waals surface area (Å²) in [5.74, 6) is -0.294. The van der Waals surface area contributed by atoms with Gasteiger partial charge in [0, 0.05) is 10.9 Å². The van der Waals surface area contributed by atoms with Crippen LogP contribution in [0, 0.1) is 0 Å². The highest BCUT2D eigenvalue weighted by Crippen LogP contribution is 2.63. The van der Waals surface area contributed by atoms with Gasteiger partial charge in [-0.1, -0.05) is 62.7 Å². The highest BCUT2D eigenvalue weighted by atomic mass is 35.5. The van der Waals surface area contributed by atoms with E-state index in [1.165, 1.54) is 7.11 Å². The van der Waals surface area contributed by atoms with Crippen molar-refractivity contribution in [3.05, 3.63) is 69.7 Å². The van der Waals surface area contributed by atoms with E-state index in [4.69, 9.17) is 20.8 Å². The summed E-state index contributed by atoms with van der Waals surface area (Å²) in [5.41, 5.74) is 3.66. The minimum Gasteiger partial charge on any atom is -0.468 e. The molecule has 0 aliphatic heterocycles. The monoisotopic (exact) mass is 428 g/mol. The summed E-state index contributed by atoms with van der Waals surface area (Å²) >= 11 is 6.30. The van der Waals surface area contributed by atoms with Gasteiger partial charge < -0.3 is 9.16 Å². The summed E-state index contributed by atoms with van der Waals surface area (Å²) in [6.07, 6.45) is 0.419. The maximum atomic E-state index is 13.3. The Balaban J connectivity index is 1.94. The molecule has 2 aliphatic carbocycles. The fourth-order valence-corrected chi connectivity index (χ4v) is 6.28. The van der Waals surface area contributed by atoms with Crippen LogP contribution in [-0.4, -0.2) is 21.4 Å². The van der Waals surface area contributed by atoms with Gasteiger partial charge in [0.2, 0.25) is 0 Å². The topological polar surface area (TPSA) is 35.5 Å². The molecule has 0 N–H and O–H groups in total. The van der Waals surface area contributed by atoms with Crippen LogP contribution in [0.2, 0.25) is 23.2 Å². The van der Waals surface area contributed by atoms with E-state index in [1.807, 2.05) is 24.3 Å².